The van der Waals surface area contributed by atoms with Gasteiger partial charge in [-0.25, -0.2) is 9.97 Å². The lowest BCUT2D eigenvalue weighted by Gasteiger charge is -2.10. The quantitative estimate of drug-likeness (QED) is 0.762. The Labute approximate surface area is 117 Å². The van der Waals surface area contributed by atoms with E-state index in [9.17, 15) is 0 Å². The number of benzene rings is 1. The molecular formula is C15H15N5. The highest BCUT2D eigenvalue weighted by atomic mass is 15.1. The summed E-state index contributed by atoms with van der Waals surface area (Å²) < 4.78 is 0. The van der Waals surface area contributed by atoms with Crippen LogP contribution in [-0.4, -0.2) is 29.0 Å². The van der Waals surface area contributed by atoms with Gasteiger partial charge in [0, 0.05) is 31.2 Å². The zero-order valence-corrected chi connectivity index (χ0v) is 11.4. The molecule has 0 bridgehead atoms. The van der Waals surface area contributed by atoms with Gasteiger partial charge >= 0.3 is 0 Å². The molecule has 5 heteroatoms. The van der Waals surface area contributed by atoms with Crippen molar-refractivity contribution in [2.24, 2.45) is 0 Å². The molecule has 0 aliphatic heterocycles. The smallest absolute Gasteiger partial charge is 0.224 e. The van der Waals surface area contributed by atoms with E-state index < -0.39 is 0 Å². The van der Waals surface area contributed by atoms with Gasteiger partial charge in [0.05, 0.1) is 0 Å². The number of aromatic nitrogens is 3. The van der Waals surface area contributed by atoms with Crippen LogP contribution in [0.5, 0.6) is 0 Å². The van der Waals surface area contributed by atoms with Gasteiger partial charge in [-0.3, -0.25) is 0 Å². The Morgan fingerprint density at radius 1 is 0.950 bits per heavy atom. The summed E-state index contributed by atoms with van der Waals surface area (Å²) >= 11 is 0. The molecule has 0 spiro atoms. The van der Waals surface area contributed by atoms with Crippen molar-refractivity contribution >= 4 is 22.8 Å². The predicted molar refractivity (Wildman–Crippen MR) is 81.9 cm³/mol. The lowest BCUT2D eigenvalue weighted by Crippen LogP contribution is -2.00. The number of hydrogen-bond acceptors (Lipinski definition) is 5. The molecule has 100 valence electrons. The highest BCUT2D eigenvalue weighted by molar-refractivity contribution is 5.87. The van der Waals surface area contributed by atoms with Crippen molar-refractivity contribution in [2.45, 2.75) is 0 Å². The van der Waals surface area contributed by atoms with Gasteiger partial charge in [-0.15, -0.1) is 0 Å². The summed E-state index contributed by atoms with van der Waals surface area (Å²) in [5.41, 5.74) is 2.83. The minimum Gasteiger partial charge on any atom is -0.373 e. The maximum atomic E-state index is 4.58. The van der Waals surface area contributed by atoms with Crippen molar-refractivity contribution < 1.29 is 0 Å². The zero-order valence-electron chi connectivity index (χ0n) is 11.4. The molecule has 0 saturated carbocycles. The van der Waals surface area contributed by atoms with Crippen LogP contribution in [0.4, 0.5) is 11.8 Å². The summed E-state index contributed by atoms with van der Waals surface area (Å²) in [6, 6.07) is 12.2. The van der Waals surface area contributed by atoms with Gasteiger partial charge in [0.15, 0.2) is 5.65 Å². The van der Waals surface area contributed by atoms with Crippen molar-refractivity contribution in [3.05, 3.63) is 42.6 Å². The van der Waals surface area contributed by atoms with Crippen molar-refractivity contribution in [2.75, 3.05) is 24.7 Å². The van der Waals surface area contributed by atoms with Crippen molar-refractivity contribution in [3.8, 4) is 11.1 Å². The highest BCUT2D eigenvalue weighted by Crippen LogP contribution is 2.29. The van der Waals surface area contributed by atoms with Crippen LogP contribution >= 0.6 is 0 Å². The molecule has 2 aromatic heterocycles. The summed E-state index contributed by atoms with van der Waals surface area (Å²) in [6.45, 7) is 0. The zero-order chi connectivity index (χ0) is 13.9. The van der Waals surface area contributed by atoms with E-state index in [-0.39, 0.29) is 0 Å². The number of rotatable bonds is 3. The van der Waals surface area contributed by atoms with E-state index in [1.54, 1.807) is 13.2 Å². The Kier molecular flexibility index (Phi) is 3.16. The average Bonchev–Trinajstić information content (AvgIpc) is 2.53. The number of nitrogens with one attached hydrogen (secondary N) is 2. The van der Waals surface area contributed by atoms with Crippen LogP contribution in [-0.2, 0) is 0 Å². The summed E-state index contributed by atoms with van der Waals surface area (Å²) in [5, 5.41) is 6.97. The minimum absolute atomic E-state index is 0.569. The third-order valence-electron chi connectivity index (χ3n) is 3.11. The highest BCUT2D eigenvalue weighted by Gasteiger charge is 2.09. The van der Waals surface area contributed by atoms with E-state index in [1.807, 2.05) is 25.2 Å². The van der Waals surface area contributed by atoms with E-state index in [0.29, 0.717) is 11.6 Å². The Morgan fingerprint density at radius 2 is 1.75 bits per heavy atom. The van der Waals surface area contributed by atoms with Crippen molar-refractivity contribution in [1.29, 1.82) is 0 Å². The molecule has 0 atom stereocenters. The monoisotopic (exact) mass is 265 g/mol. The summed E-state index contributed by atoms with van der Waals surface area (Å²) in [4.78, 5) is 13.2. The second-order valence-electron chi connectivity index (χ2n) is 4.36. The van der Waals surface area contributed by atoms with Crippen LogP contribution in [0.2, 0.25) is 0 Å². The van der Waals surface area contributed by atoms with Gasteiger partial charge in [-0.1, -0.05) is 30.3 Å². The second kappa shape index (κ2) is 5.13. The van der Waals surface area contributed by atoms with Crippen LogP contribution in [0, 0.1) is 0 Å². The van der Waals surface area contributed by atoms with Gasteiger partial charge in [0.25, 0.3) is 0 Å². The molecule has 2 heterocycles. The molecule has 0 amide bonds. The number of hydrogen-bond donors (Lipinski definition) is 2. The van der Waals surface area contributed by atoms with Crippen molar-refractivity contribution in [3.63, 3.8) is 0 Å². The minimum atomic E-state index is 0.569. The summed E-state index contributed by atoms with van der Waals surface area (Å²) in [7, 11) is 3.65. The molecule has 1 aromatic carbocycles. The van der Waals surface area contributed by atoms with E-state index in [1.165, 1.54) is 0 Å². The van der Waals surface area contributed by atoms with Crippen LogP contribution in [0.25, 0.3) is 22.2 Å². The molecular weight excluding hydrogens is 250 g/mol. The van der Waals surface area contributed by atoms with Crippen LogP contribution in [0.3, 0.4) is 0 Å². The lowest BCUT2D eigenvalue weighted by molar-refractivity contribution is 1.16. The molecule has 20 heavy (non-hydrogen) atoms. The number of anilines is 2. The van der Waals surface area contributed by atoms with Crippen LogP contribution < -0.4 is 10.6 Å². The molecule has 0 aliphatic rings. The Balaban J connectivity index is 2.22. The van der Waals surface area contributed by atoms with E-state index >= 15 is 0 Å². The molecule has 0 aliphatic carbocycles. The molecule has 0 radical (unpaired) electrons. The number of pyridine rings is 1. The molecule has 2 N–H and O–H groups in total. The molecule has 0 fully saturated rings. The predicted octanol–water partition coefficient (Wildman–Crippen LogP) is 2.78. The maximum absolute atomic E-state index is 4.58. The fraction of sp³-hybridized carbons (Fsp3) is 0.133. The second-order valence-corrected chi connectivity index (χ2v) is 4.36. The third kappa shape index (κ3) is 2.14. The van der Waals surface area contributed by atoms with Crippen LogP contribution in [0.1, 0.15) is 0 Å². The molecule has 0 saturated heterocycles. The molecule has 3 rings (SSSR count). The molecule has 0 unspecified atom stereocenters. The number of nitrogens with zero attached hydrogens (tertiary/aromatic N) is 3. The topological polar surface area (TPSA) is 62.7 Å². The van der Waals surface area contributed by atoms with Gasteiger partial charge in [0.1, 0.15) is 5.82 Å². The third-order valence-corrected chi connectivity index (χ3v) is 3.11. The first-order valence-electron chi connectivity index (χ1n) is 6.40. The fourth-order valence-electron chi connectivity index (χ4n) is 2.11. The Morgan fingerprint density at radius 3 is 2.45 bits per heavy atom. The standard InChI is InChI=1S/C15H15N5/c1-16-14-12(10-6-4-3-5-7-10)8-11-9-18-15(17-2)20-13(11)19-14/h3-9H,1-2H3,(H2,16,17,18,19,20). The first-order chi connectivity index (χ1) is 9.81. The Hall–Kier alpha value is -2.69. The van der Waals surface area contributed by atoms with E-state index in [0.717, 1.165) is 22.3 Å². The van der Waals surface area contributed by atoms with E-state index in [2.05, 4.69) is 43.8 Å². The molecule has 5 nitrogen and oxygen atoms in total. The summed E-state index contributed by atoms with van der Waals surface area (Å²) in [5.74, 6) is 1.38. The lowest BCUT2D eigenvalue weighted by atomic mass is 10.1. The average molecular weight is 265 g/mol. The van der Waals surface area contributed by atoms with Crippen molar-refractivity contribution in [1.82, 2.24) is 15.0 Å². The molecule has 3 aromatic rings. The van der Waals surface area contributed by atoms with Gasteiger partial charge < -0.3 is 10.6 Å². The van der Waals surface area contributed by atoms with Gasteiger partial charge in [-0.05, 0) is 11.6 Å². The van der Waals surface area contributed by atoms with Crippen LogP contribution in [0.15, 0.2) is 42.6 Å². The number of fused-ring (bicyclic) bond motifs is 1. The SMILES string of the molecule is CNc1ncc2cc(-c3ccccc3)c(NC)nc2n1. The normalized spacial score (nSPS) is 10.5. The fourth-order valence-corrected chi connectivity index (χ4v) is 2.11. The summed E-state index contributed by atoms with van der Waals surface area (Å²) in [6.07, 6.45) is 1.78. The first-order valence-corrected chi connectivity index (χ1v) is 6.40. The largest absolute Gasteiger partial charge is 0.373 e. The first kappa shape index (κ1) is 12.3. The maximum Gasteiger partial charge on any atom is 0.224 e. The van der Waals surface area contributed by atoms with E-state index in [4.69, 9.17) is 0 Å². The van der Waals surface area contributed by atoms with Gasteiger partial charge in [-0.2, -0.15) is 4.98 Å². The van der Waals surface area contributed by atoms with Gasteiger partial charge in [0.2, 0.25) is 5.95 Å². The Bertz CT molecular complexity index is 740.